The van der Waals surface area contributed by atoms with E-state index in [1.54, 1.807) is 4.52 Å². The van der Waals surface area contributed by atoms with Gasteiger partial charge in [-0.25, -0.2) is 0 Å². The number of nitrogens with zero attached hydrogens (tertiary/aromatic N) is 4. The molecule has 4 rings (SSSR count). The average molecular weight is 366 g/mol. The fraction of sp³-hybridized carbons (Fsp3) is 0. The molecule has 4 aromatic rings. The summed E-state index contributed by atoms with van der Waals surface area (Å²) in [6.45, 7) is 0. The number of hydrogen-bond donors (Lipinski definition) is 1. The van der Waals surface area contributed by atoms with Gasteiger partial charge in [-0.05, 0) is 36.4 Å². The van der Waals surface area contributed by atoms with Crippen LogP contribution in [0.1, 0.15) is 0 Å². The lowest BCUT2D eigenvalue weighted by Crippen LogP contribution is -2.00. The molecular weight excluding hydrogens is 354 g/mol. The number of hydrogen-bond acceptors (Lipinski definition) is 4. The largest absolute Gasteiger partial charge is 0.339 e. The second-order valence-corrected chi connectivity index (χ2v) is 5.93. The Labute approximate surface area is 141 Å². The highest BCUT2D eigenvalue weighted by molar-refractivity contribution is 9.10. The fourth-order valence-electron chi connectivity index (χ4n) is 2.30. The number of anilines is 2. The lowest BCUT2D eigenvalue weighted by Gasteiger charge is -2.06. The van der Waals surface area contributed by atoms with Gasteiger partial charge in [-0.2, -0.15) is 4.52 Å². The molecule has 112 valence electrons. The number of nitrogens with one attached hydrogen (secondary N) is 1. The van der Waals surface area contributed by atoms with Gasteiger partial charge in [0.15, 0.2) is 17.3 Å². The summed E-state index contributed by atoms with van der Waals surface area (Å²) in [5.41, 5.74) is 2.66. The van der Waals surface area contributed by atoms with Gasteiger partial charge in [0, 0.05) is 15.7 Å². The van der Waals surface area contributed by atoms with Crippen LogP contribution in [0, 0.1) is 0 Å². The first-order chi connectivity index (χ1) is 11.3. The molecule has 2 aromatic heterocycles. The molecule has 0 atom stereocenters. The second kappa shape index (κ2) is 5.81. The van der Waals surface area contributed by atoms with Gasteiger partial charge in [0.25, 0.3) is 0 Å². The number of rotatable bonds is 3. The van der Waals surface area contributed by atoms with Crippen LogP contribution in [0.2, 0.25) is 0 Å². The van der Waals surface area contributed by atoms with Crippen LogP contribution in [0.15, 0.2) is 71.2 Å². The van der Waals surface area contributed by atoms with Crippen molar-refractivity contribution in [3.63, 3.8) is 0 Å². The summed E-state index contributed by atoms with van der Waals surface area (Å²) in [4.78, 5) is 0. The van der Waals surface area contributed by atoms with E-state index in [2.05, 4.69) is 36.5 Å². The van der Waals surface area contributed by atoms with Gasteiger partial charge in [-0.15, -0.1) is 15.3 Å². The molecule has 0 aliphatic rings. The maximum absolute atomic E-state index is 4.60. The molecule has 0 unspecified atom stereocenters. The monoisotopic (exact) mass is 365 g/mol. The summed E-state index contributed by atoms with van der Waals surface area (Å²) in [7, 11) is 0. The summed E-state index contributed by atoms with van der Waals surface area (Å²) in [6.07, 6.45) is 0. The van der Waals surface area contributed by atoms with Crippen molar-refractivity contribution in [2.45, 2.75) is 0 Å². The first-order valence-electron chi connectivity index (χ1n) is 7.10. The van der Waals surface area contributed by atoms with Crippen molar-refractivity contribution in [1.82, 2.24) is 19.8 Å². The molecule has 2 aromatic carbocycles. The van der Waals surface area contributed by atoms with E-state index in [1.165, 1.54) is 0 Å². The summed E-state index contributed by atoms with van der Waals surface area (Å²) in [6, 6.07) is 21.6. The van der Waals surface area contributed by atoms with E-state index in [9.17, 15) is 0 Å². The quantitative estimate of drug-likeness (QED) is 0.588. The highest BCUT2D eigenvalue weighted by Crippen LogP contribution is 2.21. The van der Waals surface area contributed by atoms with Gasteiger partial charge in [0.05, 0.1) is 0 Å². The molecule has 0 bridgehead atoms. The van der Waals surface area contributed by atoms with Crippen LogP contribution in [-0.2, 0) is 0 Å². The molecular formula is C17H12BrN5. The zero-order valence-corrected chi connectivity index (χ0v) is 13.6. The number of para-hydroxylation sites is 1. The first kappa shape index (κ1) is 13.9. The number of benzene rings is 2. The van der Waals surface area contributed by atoms with E-state index in [0.29, 0.717) is 11.5 Å². The van der Waals surface area contributed by atoms with Gasteiger partial charge in [0.1, 0.15) is 0 Å². The molecule has 2 heterocycles. The Morgan fingerprint density at radius 1 is 0.826 bits per heavy atom. The van der Waals surface area contributed by atoms with Crippen molar-refractivity contribution >= 4 is 33.1 Å². The standard InChI is InChI=1S/C17H12BrN5/c18-13-8-6-12(7-9-13)17-21-20-16-11-10-15(22-23(16)17)19-14-4-2-1-3-5-14/h1-11H,(H,19,22). The maximum Gasteiger partial charge on any atom is 0.185 e. The number of aromatic nitrogens is 4. The topological polar surface area (TPSA) is 55.1 Å². The minimum Gasteiger partial charge on any atom is -0.339 e. The van der Waals surface area contributed by atoms with Crippen molar-refractivity contribution in [3.05, 3.63) is 71.2 Å². The lowest BCUT2D eigenvalue weighted by atomic mass is 10.2. The predicted octanol–water partition coefficient (Wildman–Crippen LogP) is 4.30. The van der Waals surface area contributed by atoms with E-state index in [4.69, 9.17) is 0 Å². The van der Waals surface area contributed by atoms with Gasteiger partial charge in [-0.1, -0.05) is 46.3 Å². The Hall–Kier alpha value is -2.73. The minimum atomic E-state index is 0.710. The van der Waals surface area contributed by atoms with Crippen molar-refractivity contribution in [1.29, 1.82) is 0 Å². The van der Waals surface area contributed by atoms with Gasteiger partial charge in [-0.3, -0.25) is 0 Å². The zero-order valence-electron chi connectivity index (χ0n) is 12.0. The third-order valence-electron chi connectivity index (χ3n) is 3.41. The van der Waals surface area contributed by atoms with Gasteiger partial charge >= 0.3 is 0 Å². The Morgan fingerprint density at radius 2 is 1.61 bits per heavy atom. The molecule has 0 aliphatic carbocycles. The molecule has 1 N–H and O–H groups in total. The molecule has 0 fully saturated rings. The molecule has 0 radical (unpaired) electrons. The van der Waals surface area contributed by atoms with E-state index in [0.717, 1.165) is 21.5 Å². The van der Waals surface area contributed by atoms with Gasteiger partial charge < -0.3 is 5.32 Å². The van der Waals surface area contributed by atoms with Crippen LogP contribution >= 0.6 is 15.9 Å². The molecule has 6 heteroatoms. The average Bonchev–Trinajstić information content (AvgIpc) is 3.00. The smallest absolute Gasteiger partial charge is 0.185 e. The third-order valence-corrected chi connectivity index (χ3v) is 3.94. The SMILES string of the molecule is Brc1ccc(-c2nnc3ccc(Nc4ccccc4)nn23)cc1. The van der Waals surface area contributed by atoms with Crippen LogP contribution < -0.4 is 5.32 Å². The molecule has 0 spiro atoms. The third kappa shape index (κ3) is 2.80. The van der Waals surface area contributed by atoms with Crippen molar-refractivity contribution in [2.75, 3.05) is 5.32 Å². The van der Waals surface area contributed by atoms with Crippen LogP contribution in [0.25, 0.3) is 17.0 Å². The highest BCUT2D eigenvalue weighted by atomic mass is 79.9. The summed E-state index contributed by atoms with van der Waals surface area (Å²) >= 11 is 3.44. The molecule has 0 saturated heterocycles. The van der Waals surface area contributed by atoms with Crippen LogP contribution in [0.3, 0.4) is 0 Å². The Balaban J connectivity index is 1.75. The Bertz CT molecular complexity index is 948. The molecule has 0 amide bonds. The summed E-state index contributed by atoms with van der Waals surface area (Å²) < 4.78 is 2.77. The van der Waals surface area contributed by atoms with Gasteiger partial charge in [0.2, 0.25) is 0 Å². The second-order valence-electron chi connectivity index (χ2n) is 5.01. The fourth-order valence-corrected chi connectivity index (χ4v) is 2.57. The van der Waals surface area contributed by atoms with Crippen molar-refractivity contribution in [3.8, 4) is 11.4 Å². The van der Waals surface area contributed by atoms with Crippen molar-refractivity contribution in [2.24, 2.45) is 0 Å². The first-order valence-corrected chi connectivity index (χ1v) is 7.89. The van der Waals surface area contributed by atoms with E-state index in [-0.39, 0.29) is 0 Å². The molecule has 5 nitrogen and oxygen atoms in total. The van der Waals surface area contributed by atoms with Crippen LogP contribution in [0.4, 0.5) is 11.5 Å². The molecule has 0 aliphatic heterocycles. The Morgan fingerprint density at radius 3 is 2.39 bits per heavy atom. The van der Waals surface area contributed by atoms with Crippen LogP contribution in [-0.4, -0.2) is 19.8 Å². The predicted molar refractivity (Wildman–Crippen MR) is 93.6 cm³/mol. The van der Waals surface area contributed by atoms with Crippen LogP contribution in [0.5, 0.6) is 0 Å². The van der Waals surface area contributed by atoms with E-state index >= 15 is 0 Å². The lowest BCUT2D eigenvalue weighted by molar-refractivity contribution is 0.941. The minimum absolute atomic E-state index is 0.710. The molecule has 0 saturated carbocycles. The summed E-state index contributed by atoms with van der Waals surface area (Å²) in [5.74, 6) is 1.45. The molecule has 23 heavy (non-hydrogen) atoms. The van der Waals surface area contributed by atoms with E-state index in [1.807, 2.05) is 66.7 Å². The highest BCUT2D eigenvalue weighted by Gasteiger charge is 2.10. The number of halogens is 1. The maximum atomic E-state index is 4.60. The normalized spacial score (nSPS) is 10.8. The van der Waals surface area contributed by atoms with E-state index < -0.39 is 0 Å². The van der Waals surface area contributed by atoms with Crippen molar-refractivity contribution < 1.29 is 0 Å². The summed E-state index contributed by atoms with van der Waals surface area (Å²) in [5, 5.41) is 16.3. The Kier molecular flexibility index (Phi) is 3.51. The zero-order chi connectivity index (χ0) is 15.6. The number of fused-ring (bicyclic) bond motifs is 1.